The minimum atomic E-state index is 0.492. The van der Waals surface area contributed by atoms with E-state index in [2.05, 4.69) is 47.3 Å². The third kappa shape index (κ3) is 9.50. The first kappa shape index (κ1) is 17.5. The van der Waals surface area contributed by atoms with Crippen LogP contribution in [0.4, 0.5) is 0 Å². The summed E-state index contributed by atoms with van der Waals surface area (Å²) in [6.45, 7) is 15.3. The molecule has 0 amide bonds. The first-order valence-corrected chi connectivity index (χ1v) is 7.70. The van der Waals surface area contributed by atoms with Gasteiger partial charge in [-0.2, -0.15) is 0 Å². The van der Waals surface area contributed by atoms with E-state index in [4.69, 9.17) is 0 Å². The molecule has 0 rings (SSSR count). The molecule has 0 radical (unpaired) electrons. The molecule has 0 aliphatic rings. The second-order valence-corrected chi connectivity index (χ2v) is 6.71. The van der Waals surface area contributed by atoms with Crippen molar-refractivity contribution in [3.05, 3.63) is 24.3 Å². The first-order chi connectivity index (χ1) is 8.42. The molecule has 0 aromatic heterocycles. The summed E-state index contributed by atoms with van der Waals surface area (Å²) >= 11 is 0. The van der Waals surface area contributed by atoms with Gasteiger partial charge in [0.1, 0.15) is 0 Å². The van der Waals surface area contributed by atoms with Crippen LogP contribution in [0.3, 0.4) is 0 Å². The van der Waals surface area contributed by atoms with Gasteiger partial charge >= 0.3 is 0 Å². The van der Waals surface area contributed by atoms with E-state index in [1.54, 1.807) is 0 Å². The largest absolute Gasteiger partial charge is 0.0988 e. The smallest absolute Gasteiger partial charge is 0.0280 e. The van der Waals surface area contributed by atoms with Gasteiger partial charge in [0.2, 0.25) is 0 Å². The molecule has 1 atom stereocenters. The number of hydrogen-bond donors (Lipinski definition) is 0. The molecule has 0 aliphatic heterocycles. The lowest BCUT2D eigenvalue weighted by atomic mass is 9.85. The Labute approximate surface area is 116 Å². The Bertz CT molecular complexity index is 239. The third-order valence-electron chi connectivity index (χ3n) is 3.71. The molecule has 0 heterocycles. The second kappa shape index (κ2) is 9.42. The Hall–Kier alpha value is -0.520. The Balaban J connectivity index is 4.02. The highest BCUT2D eigenvalue weighted by Gasteiger charge is 2.13. The Morgan fingerprint density at radius 2 is 1.83 bits per heavy atom. The normalized spacial score (nSPS) is 14.6. The third-order valence-corrected chi connectivity index (χ3v) is 3.71. The van der Waals surface area contributed by atoms with Crippen LogP contribution in [0.2, 0.25) is 0 Å². The molecule has 0 saturated heterocycles. The van der Waals surface area contributed by atoms with Crippen molar-refractivity contribution < 1.29 is 0 Å². The fraction of sp³-hybridized carbons (Fsp3) is 0.778. The molecular weight excluding hydrogens is 216 g/mol. The van der Waals surface area contributed by atoms with Gasteiger partial charge in [0, 0.05) is 0 Å². The first-order valence-electron chi connectivity index (χ1n) is 7.70. The lowest BCUT2D eigenvalue weighted by Crippen LogP contribution is -2.07. The molecule has 1 unspecified atom stereocenters. The quantitative estimate of drug-likeness (QED) is 0.408. The number of hydrogen-bond acceptors (Lipinski definition) is 0. The average molecular weight is 250 g/mol. The zero-order valence-corrected chi connectivity index (χ0v) is 13.4. The molecule has 0 N–H and O–H groups in total. The van der Waals surface area contributed by atoms with Crippen molar-refractivity contribution in [2.45, 2.75) is 79.6 Å². The van der Waals surface area contributed by atoms with Gasteiger partial charge in [-0.3, -0.25) is 0 Å². The van der Waals surface area contributed by atoms with E-state index in [0.29, 0.717) is 5.41 Å². The Morgan fingerprint density at radius 1 is 1.17 bits per heavy atom. The van der Waals surface area contributed by atoms with Crippen LogP contribution in [0.25, 0.3) is 0 Å². The molecule has 0 saturated carbocycles. The number of allylic oxidation sites excluding steroid dienone is 3. The van der Waals surface area contributed by atoms with Gasteiger partial charge in [-0.15, -0.1) is 0 Å². The lowest BCUT2D eigenvalue weighted by molar-refractivity contribution is 0.323. The summed E-state index contributed by atoms with van der Waals surface area (Å²) in [5, 5.41) is 0. The van der Waals surface area contributed by atoms with Crippen molar-refractivity contribution in [3.63, 3.8) is 0 Å². The van der Waals surface area contributed by atoms with Gasteiger partial charge in [0.15, 0.2) is 0 Å². The molecule has 0 aromatic carbocycles. The molecule has 18 heavy (non-hydrogen) atoms. The standard InChI is InChI=1S/C18H34/c1-7-11-17(12-10-15-18(4,5)6)14-13-16(8-2)9-3/h8-9,17H,2,7,10-15H2,1,3-6H3/b16-9+. The minimum absolute atomic E-state index is 0.492. The van der Waals surface area contributed by atoms with E-state index in [0.717, 1.165) is 5.92 Å². The van der Waals surface area contributed by atoms with Gasteiger partial charge in [-0.1, -0.05) is 77.7 Å². The van der Waals surface area contributed by atoms with Gasteiger partial charge in [-0.05, 0) is 37.5 Å². The molecular formula is C18H34. The summed E-state index contributed by atoms with van der Waals surface area (Å²) in [5.74, 6) is 0.909. The highest BCUT2D eigenvalue weighted by Crippen LogP contribution is 2.27. The molecule has 0 aliphatic carbocycles. The van der Waals surface area contributed by atoms with Crippen LogP contribution in [0.15, 0.2) is 24.3 Å². The van der Waals surface area contributed by atoms with Crippen molar-refractivity contribution in [2.24, 2.45) is 11.3 Å². The minimum Gasteiger partial charge on any atom is -0.0988 e. The topological polar surface area (TPSA) is 0 Å². The van der Waals surface area contributed by atoms with Crippen LogP contribution in [-0.2, 0) is 0 Å². The predicted octanol–water partition coefficient (Wildman–Crippen LogP) is 6.53. The predicted molar refractivity (Wildman–Crippen MR) is 84.9 cm³/mol. The van der Waals surface area contributed by atoms with Gasteiger partial charge in [0.05, 0.1) is 0 Å². The maximum absolute atomic E-state index is 3.88. The van der Waals surface area contributed by atoms with E-state index in [-0.39, 0.29) is 0 Å². The van der Waals surface area contributed by atoms with E-state index >= 15 is 0 Å². The summed E-state index contributed by atoms with van der Waals surface area (Å²) in [5.41, 5.74) is 1.90. The Kier molecular flexibility index (Phi) is 9.14. The highest BCUT2D eigenvalue weighted by atomic mass is 14.2. The van der Waals surface area contributed by atoms with Crippen molar-refractivity contribution in [1.82, 2.24) is 0 Å². The van der Waals surface area contributed by atoms with Gasteiger partial charge in [0.25, 0.3) is 0 Å². The number of rotatable bonds is 9. The summed E-state index contributed by atoms with van der Waals surface area (Å²) in [7, 11) is 0. The lowest BCUT2D eigenvalue weighted by Gasteiger charge is -2.21. The van der Waals surface area contributed by atoms with Gasteiger partial charge in [-0.25, -0.2) is 0 Å². The summed E-state index contributed by atoms with van der Waals surface area (Å²) in [6, 6.07) is 0. The van der Waals surface area contributed by atoms with E-state index < -0.39 is 0 Å². The van der Waals surface area contributed by atoms with Crippen LogP contribution >= 0.6 is 0 Å². The second-order valence-electron chi connectivity index (χ2n) is 6.71. The van der Waals surface area contributed by atoms with Crippen molar-refractivity contribution in [2.75, 3.05) is 0 Å². The monoisotopic (exact) mass is 250 g/mol. The maximum Gasteiger partial charge on any atom is -0.0280 e. The highest BCUT2D eigenvalue weighted by molar-refractivity contribution is 5.14. The average Bonchev–Trinajstić information content (AvgIpc) is 2.28. The molecule has 0 heteroatoms. The summed E-state index contributed by atoms with van der Waals surface area (Å²) < 4.78 is 0. The summed E-state index contributed by atoms with van der Waals surface area (Å²) in [6.07, 6.45) is 13.6. The van der Waals surface area contributed by atoms with Crippen LogP contribution in [-0.4, -0.2) is 0 Å². The molecule has 0 aromatic rings. The summed E-state index contributed by atoms with van der Waals surface area (Å²) in [4.78, 5) is 0. The van der Waals surface area contributed by atoms with Crippen molar-refractivity contribution in [1.29, 1.82) is 0 Å². The van der Waals surface area contributed by atoms with Crippen molar-refractivity contribution in [3.8, 4) is 0 Å². The van der Waals surface area contributed by atoms with Crippen LogP contribution in [0.5, 0.6) is 0 Å². The van der Waals surface area contributed by atoms with E-state index in [9.17, 15) is 0 Å². The fourth-order valence-electron chi connectivity index (χ4n) is 2.50. The fourth-order valence-corrected chi connectivity index (χ4v) is 2.50. The van der Waals surface area contributed by atoms with E-state index in [1.807, 2.05) is 6.08 Å². The van der Waals surface area contributed by atoms with Crippen LogP contribution in [0.1, 0.15) is 79.6 Å². The van der Waals surface area contributed by atoms with Crippen LogP contribution in [0, 0.1) is 11.3 Å². The maximum atomic E-state index is 3.88. The zero-order valence-electron chi connectivity index (χ0n) is 13.4. The zero-order chi connectivity index (χ0) is 14.0. The van der Waals surface area contributed by atoms with Crippen molar-refractivity contribution >= 4 is 0 Å². The van der Waals surface area contributed by atoms with Crippen LogP contribution < -0.4 is 0 Å². The molecule has 0 fully saturated rings. The molecule has 0 spiro atoms. The molecule has 106 valence electrons. The SMILES string of the molecule is C=C/C(=C\C)CCC(CCC)CCCC(C)(C)C. The van der Waals surface area contributed by atoms with Gasteiger partial charge < -0.3 is 0 Å². The van der Waals surface area contributed by atoms with E-state index in [1.165, 1.54) is 50.5 Å². The molecule has 0 nitrogen and oxygen atoms in total. The molecule has 0 bridgehead atoms. The Morgan fingerprint density at radius 3 is 2.28 bits per heavy atom.